The van der Waals surface area contributed by atoms with E-state index in [1.165, 1.54) is 6.07 Å². The van der Waals surface area contributed by atoms with Crippen LogP contribution in [0.5, 0.6) is 5.75 Å². The van der Waals surface area contributed by atoms with E-state index in [4.69, 9.17) is 16.3 Å². The number of nitrogens with one attached hydrogen (secondary N) is 1. The van der Waals surface area contributed by atoms with Gasteiger partial charge in [-0.1, -0.05) is 42.8 Å². The summed E-state index contributed by atoms with van der Waals surface area (Å²) in [6.45, 7) is 4.83. The molecule has 3 aromatic rings. The van der Waals surface area contributed by atoms with Gasteiger partial charge in [0.1, 0.15) is 18.0 Å². The zero-order valence-corrected chi connectivity index (χ0v) is 28.2. The predicted molar refractivity (Wildman–Crippen MR) is 180 cm³/mol. The first-order chi connectivity index (χ1) is 22.4. The van der Waals surface area contributed by atoms with Crippen LogP contribution >= 0.6 is 11.6 Å². The standard InChI is InChI=1S/C36H41ClFN3O5S/c1-23-7-6-17-36(43,33-9-5-10-34(38)39-33)30-15-12-27(30)21-41-18-4-3-8-25-19-29(37)14-11-28(25)22-46-32-16-13-26(20-31(32)41)35(42)40-47(44,45)24(23)2/h5-6,9-11,13-14,16-17,19-20,23-24,27,30,43H,3-4,7-8,12,15,18,21-22H2,1-2H3,(H,40,42)/b17-6+/t23-,24+,27-,30+,36+/m0/s1. The molecule has 2 bridgehead atoms. The monoisotopic (exact) mass is 681 g/mol. The number of aromatic nitrogens is 1. The molecule has 1 saturated carbocycles. The lowest BCUT2D eigenvalue weighted by Gasteiger charge is -2.48. The number of hydrogen-bond acceptors (Lipinski definition) is 7. The van der Waals surface area contributed by atoms with Crippen LogP contribution in [0.4, 0.5) is 10.1 Å². The minimum atomic E-state index is -4.04. The molecule has 1 aliphatic carbocycles. The number of hydrogen-bond donors (Lipinski definition) is 2. The lowest BCUT2D eigenvalue weighted by molar-refractivity contribution is -0.0532. The van der Waals surface area contributed by atoms with E-state index in [-0.39, 0.29) is 29.0 Å². The van der Waals surface area contributed by atoms with Crippen molar-refractivity contribution in [1.29, 1.82) is 0 Å². The molecule has 5 atom stereocenters. The number of nitrogens with zero attached hydrogens (tertiary/aromatic N) is 2. The Balaban J connectivity index is 1.44. The largest absolute Gasteiger partial charge is 0.487 e. The fourth-order valence-electron chi connectivity index (χ4n) is 7.00. The van der Waals surface area contributed by atoms with E-state index in [2.05, 4.69) is 14.6 Å². The number of fused-ring (bicyclic) bond motifs is 3. The van der Waals surface area contributed by atoms with E-state index >= 15 is 0 Å². The Bertz CT molecular complexity index is 1790. The molecule has 0 radical (unpaired) electrons. The van der Waals surface area contributed by atoms with Crippen LogP contribution in [-0.4, -0.2) is 42.8 Å². The number of sulfonamides is 1. The number of carbonyl (C=O) groups is 1. The lowest BCUT2D eigenvalue weighted by Crippen LogP contribution is -2.49. The molecule has 8 nitrogen and oxygen atoms in total. The van der Waals surface area contributed by atoms with Crippen molar-refractivity contribution in [3.8, 4) is 5.75 Å². The van der Waals surface area contributed by atoms with E-state index in [0.29, 0.717) is 49.0 Å². The van der Waals surface area contributed by atoms with Crippen molar-refractivity contribution in [2.75, 3.05) is 18.0 Å². The highest BCUT2D eigenvalue weighted by molar-refractivity contribution is 7.90. The highest BCUT2D eigenvalue weighted by Gasteiger charge is 2.48. The third kappa shape index (κ3) is 7.05. The van der Waals surface area contributed by atoms with E-state index < -0.39 is 32.7 Å². The minimum absolute atomic E-state index is 0.0193. The molecule has 1 fully saturated rings. The molecule has 3 heterocycles. The molecule has 6 rings (SSSR count). The first-order valence-electron chi connectivity index (χ1n) is 16.3. The first-order valence-corrected chi connectivity index (χ1v) is 18.2. The second-order valence-electron chi connectivity index (χ2n) is 13.2. The molecule has 2 aromatic carbocycles. The number of benzene rings is 2. The van der Waals surface area contributed by atoms with Crippen molar-refractivity contribution in [2.24, 2.45) is 17.8 Å². The summed E-state index contributed by atoms with van der Waals surface area (Å²) in [5, 5.41) is 12.1. The Morgan fingerprint density at radius 3 is 2.68 bits per heavy atom. The molecule has 2 N–H and O–H groups in total. The molecular formula is C36H41ClFN3O5S. The van der Waals surface area contributed by atoms with Crippen molar-refractivity contribution in [1.82, 2.24) is 9.71 Å². The van der Waals surface area contributed by atoms with Crippen molar-refractivity contribution in [2.45, 2.75) is 69.8 Å². The molecule has 0 unspecified atom stereocenters. The molecule has 11 heteroatoms. The Kier molecular flexibility index (Phi) is 9.65. The van der Waals surface area contributed by atoms with Crippen LogP contribution in [0.1, 0.15) is 73.1 Å². The van der Waals surface area contributed by atoms with Gasteiger partial charge in [-0.2, -0.15) is 4.39 Å². The summed E-state index contributed by atoms with van der Waals surface area (Å²) in [6, 6.07) is 15.2. The lowest BCUT2D eigenvalue weighted by atomic mass is 9.63. The maximum atomic E-state index is 14.4. The second-order valence-corrected chi connectivity index (χ2v) is 15.7. The number of carbonyl (C=O) groups excluding carboxylic acids is 1. The maximum absolute atomic E-state index is 14.4. The summed E-state index contributed by atoms with van der Waals surface area (Å²) in [6.07, 6.45) is 7.85. The van der Waals surface area contributed by atoms with E-state index in [0.717, 1.165) is 36.8 Å². The van der Waals surface area contributed by atoms with Gasteiger partial charge < -0.3 is 14.7 Å². The SMILES string of the molecule is C[C@@H]1[C@@H](C)C/C=C/[C@](O)(c2cccc(F)n2)[C@@H]2CC[C@H]2CN2CCCCc3cc(Cl)ccc3COc3ccc(cc32)C(=O)NS1(=O)=O. The molecule has 1 amide bonds. The van der Waals surface area contributed by atoms with Crippen molar-refractivity contribution >= 4 is 33.2 Å². The molecular weight excluding hydrogens is 641 g/mol. The average molecular weight is 682 g/mol. The van der Waals surface area contributed by atoms with Gasteiger partial charge in [0.25, 0.3) is 5.91 Å². The van der Waals surface area contributed by atoms with Gasteiger partial charge in [0, 0.05) is 29.6 Å². The molecule has 1 aromatic heterocycles. The number of aryl methyl sites for hydroxylation is 1. The van der Waals surface area contributed by atoms with Gasteiger partial charge in [-0.05, 0) is 111 Å². The number of ether oxygens (including phenoxy) is 1. The topological polar surface area (TPSA) is 109 Å². The third-order valence-electron chi connectivity index (χ3n) is 10.2. The van der Waals surface area contributed by atoms with Gasteiger partial charge in [0.2, 0.25) is 16.0 Å². The molecule has 47 heavy (non-hydrogen) atoms. The van der Waals surface area contributed by atoms with Gasteiger partial charge in [0.05, 0.1) is 16.6 Å². The van der Waals surface area contributed by atoms with Crippen LogP contribution in [0.2, 0.25) is 5.02 Å². The van der Waals surface area contributed by atoms with Crippen LogP contribution in [0.3, 0.4) is 0 Å². The molecule has 3 aliphatic rings. The Morgan fingerprint density at radius 1 is 1.09 bits per heavy atom. The summed E-state index contributed by atoms with van der Waals surface area (Å²) in [4.78, 5) is 19.7. The summed E-state index contributed by atoms with van der Waals surface area (Å²) in [7, 11) is -4.04. The van der Waals surface area contributed by atoms with Crippen LogP contribution in [0.15, 0.2) is 66.7 Å². The summed E-state index contributed by atoms with van der Waals surface area (Å²) < 4.78 is 49.8. The fraction of sp³-hybridized carbons (Fsp3) is 0.444. The molecule has 250 valence electrons. The number of anilines is 1. The zero-order valence-electron chi connectivity index (χ0n) is 26.7. The van der Waals surface area contributed by atoms with Crippen LogP contribution in [0.25, 0.3) is 0 Å². The van der Waals surface area contributed by atoms with Gasteiger partial charge in [-0.3, -0.25) is 4.79 Å². The summed E-state index contributed by atoms with van der Waals surface area (Å²) >= 11 is 6.33. The number of pyridine rings is 1. The quantitative estimate of drug-likeness (QED) is 0.221. The molecule has 0 spiro atoms. The minimum Gasteiger partial charge on any atom is -0.487 e. The summed E-state index contributed by atoms with van der Waals surface area (Å²) in [5.41, 5.74) is 1.70. The highest BCUT2D eigenvalue weighted by Crippen LogP contribution is 2.48. The second kappa shape index (κ2) is 13.6. The third-order valence-corrected chi connectivity index (χ3v) is 12.4. The Hall–Kier alpha value is -3.47. The van der Waals surface area contributed by atoms with Gasteiger partial charge in [0.15, 0.2) is 0 Å². The average Bonchev–Trinajstić information content (AvgIpc) is 3.05. The Labute approximate surface area is 281 Å². The van der Waals surface area contributed by atoms with Gasteiger partial charge in [-0.15, -0.1) is 0 Å². The number of aliphatic hydroxyl groups is 1. The number of allylic oxidation sites excluding steroid dienone is 1. The predicted octanol–water partition coefficient (Wildman–Crippen LogP) is 6.55. The van der Waals surface area contributed by atoms with Crippen molar-refractivity contribution in [3.05, 3.63) is 100 Å². The first kappa shape index (κ1) is 33.4. The van der Waals surface area contributed by atoms with Gasteiger partial charge in [-0.25, -0.2) is 18.1 Å². The van der Waals surface area contributed by atoms with Crippen LogP contribution in [0, 0.1) is 23.7 Å². The van der Waals surface area contributed by atoms with Crippen LogP contribution < -0.4 is 14.4 Å². The van der Waals surface area contributed by atoms with Crippen molar-refractivity contribution in [3.63, 3.8) is 0 Å². The number of amides is 1. The number of halogens is 2. The highest BCUT2D eigenvalue weighted by atomic mass is 35.5. The van der Waals surface area contributed by atoms with E-state index in [9.17, 15) is 22.7 Å². The normalized spacial score (nSPS) is 28.7. The fourth-order valence-corrected chi connectivity index (χ4v) is 8.48. The van der Waals surface area contributed by atoms with Crippen LogP contribution in [-0.2, 0) is 28.7 Å². The molecule has 2 aliphatic heterocycles. The van der Waals surface area contributed by atoms with Crippen molar-refractivity contribution < 1.29 is 27.4 Å². The Morgan fingerprint density at radius 2 is 1.91 bits per heavy atom. The zero-order chi connectivity index (χ0) is 33.3. The number of rotatable bonds is 1. The summed E-state index contributed by atoms with van der Waals surface area (Å²) in [5.74, 6) is -1.45. The van der Waals surface area contributed by atoms with E-state index in [1.807, 2.05) is 18.2 Å². The van der Waals surface area contributed by atoms with E-state index in [1.54, 1.807) is 56.3 Å². The maximum Gasteiger partial charge on any atom is 0.264 e. The molecule has 0 saturated heterocycles. The van der Waals surface area contributed by atoms with Gasteiger partial charge >= 0.3 is 0 Å². The smallest absolute Gasteiger partial charge is 0.264 e.